The molecule has 0 aromatic carbocycles. The summed E-state index contributed by atoms with van der Waals surface area (Å²) in [6, 6.07) is 0. The van der Waals surface area contributed by atoms with Gasteiger partial charge in [0.05, 0.1) is 0 Å². The average molecular weight is 693 g/mol. The lowest BCUT2D eigenvalue weighted by atomic mass is 10.0. The van der Waals surface area contributed by atoms with Crippen molar-refractivity contribution >= 4 is 0 Å². The first-order valence-electron chi connectivity index (χ1n) is 23.1. The van der Waals surface area contributed by atoms with Crippen LogP contribution in [0.1, 0.15) is 257 Å². The lowest BCUT2D eigenvalue weighted by Crippen LogP contribution is -1.82. The summed E-state index contributed by atoms with van der Waals surface area (Å²) in [6.07, 6.45) is 76.0. The molecule has 0 heterocycles. The highest BCUT2D eigenvalue weighted by molar-refractivity contribution is 4.83. The van der Waals surface area contributed by atoms with Crippen LogP contribution in [0.4, 0.5) is 0 Å². The lowest BCUT2D eigenvalue weighted by molar-refractivity contribution is 0.566. The van der Waals surface area contributed by atoms with E-state index in [1.54, 1.807) is 0 Å². The van der Waals surface area contributed by atoms with E-state index in [0.717, 1.165) is 0 Å². The summed E-state index contributed by atoms with van der Waals surface area (Å²) < 4.78 is 0. The van der Waals surface area contributed by atoms with Crippen LogP contribution in [0, 0.1) is 0 Å². The quantitative estimate of drug-likeness (QED) is 0.222. The van der Waals surface area contributed by atoms with Gasteiger partial charge < -0.3 is 0 Å². The van der Waals surface area contributed by atoms with Crippen LogP contribution in [-0.4, -0.2) is 0 Å². The van der Waals surface area contributed by atoms with Crippen molar-refractivity contribution in [3.63, 3.8) is 0 Å². The van der Waals surface area contributed by atoms with Gasteiger partial charge in [-0.2, -0.15) is 0 Å². The number of hydrogen-bond donors (Lipinski definition) is 0. The fourth-order valence-corrected chi connectivity index (χ4v) is 7.28. The Labute approximate surface area is 317 Å². The summed E-state index contributed by atoms with van der Waals surface area (Å²) in [7, 11) is 0. The van der Waals surface area contributed by atoms with Crippen molar-refractivity contribution in [2.45, 2.75) is 257 Å². The van der Waals surface area contributed by atoms with E-state index in [0.29, 0.717) is 0 Å². The topological polar surface area (TPSA) is 0 Å². The molecule has 4 aliphatic carbocycles. The third-order valence-electron chi connectivity index (χ3n) is 10.6. The Morgan fingerprint density at radius 2 is 0.220 bits per heavy atom. The minimum atomic E-state index is 1.32. The van der Waals surface area contributed by atoms with E-state index in [2.05, 4.69) is 61.8 Å². The van der Waals surface area contributed by atoms with Crippen molar-refractivity contribution in [3.05, 3.63) is 61.8 Å². The smallest absolute Gasteiger partial charge is 0.0351 e. The number of allylic oxidation sites excluding steroid dienone is 8. The maximum atomic E-state index is 3.00. The molecule has 0 N–H and O–H groups in total. The summed E-state index contributed by atoms with van der Waals surface area (Å²) in [6.45, 7) is 6.00. The van der Waals surface area contributed by atoms with Crippen LogP contribution in [0.5, 0.6) is 0 Å². The second-order valence-corrected chi connectivity index (χ2v) is 15.5. The highest BCUT2D eigenvalue weighted by Gasteiger charge is 1.96. The largest absolute Gasteiger partial charge is 0.106 e. The fourth-order valence-electron chi connectivity index (χ4n) is 7.28. The van der Waals surface area contributed by atoms with Crippen molar-refractivity contribution in [2.75, 3.05) is 0 Å². The van der Waals surface area contributed by atoms with Crippen molar-refractivity contribution in [2.24, 2.45) is 0 Å². The second kappa shape index (κ2) is 47.7. The Kier molecular flexibility index (Phi) is 46.5. The van der Waals surface area contributed by atoms with E-state index in [1.165, 1.54) is 257 Å². The zero-order chi connectivity index (χ0) is 35.9. The maximum absolute atomic E-state index is 3.00. The molecule has 0 heteroatoms. The molecule has 0 aromatic rings. The average Bonchev–Trinajstić information content (AvgIpc) is 3.11. The molecule has 50 heavy (non-hydrogen) atoms. The Hall–Kier alpha value is -1.30. The monoisotopic (exact) mass is 693 g/mol. The van der Waals surface area contributed by atoms with Crippen LogP contribution in [-0.2, 0) is 0 Å². The number of rotatable bonds is 0. The van der Waals surface area contributed by atoms with Gasteiger partial charge in [0, 0.05) is 0 Å². The van der Waals surface area contributed by atoms with Crippen LogP contribution in [0.15, 0.2) is 61.8 Å². The first kappa shape index (κ1) is 48.7. The van der Waals surface area contributed by atoms with Crippen LogP contribution in [0.3, 0.4) is 0 Å². The summed E-state index contributed by atoms with van der Waals surface area (Å²) in [5.41, 5.74) is 0. The van der Waals surface area contributed by atoms with E-state index in [9.17, 15) is 0 Å². The van der Waals surface area contributed by atoms with E-state index in [-0.39, 0.29) is 0 Å². The molecular formula is C50H92. The van der Waals surface area contributed by atoms with Gasteiger partial charge in [-0.05, 0) is 103 Å². The van der Waals surface area contributed by atoms with Crippen LogP contribution < -0.4 is 0 Å². The normalized spacial score (nSPS) is 21.8. The molecule has 4 rings (SSSR count). The summed E-state index contributed by atoms with van der Waals surface area (Å²) in [4.78, 5) is 0. The highest BCUT2D eigenvalue weighted by Crippen LogP contribution is 2.16. The van der Waals surface area contributed by atoms with Crippen molar-refractivity contribution in [1.82, 2.24) is 0 Å². The minimum absolute atomic E-state index is 1.32. The van der Waals surface area contributed by atoms with Gasteiger partial charge in [0.15, 0.2) is 0 Å². The molecule has 4 aliphatic rings. The first-order valence-corrected chi connectivity index (χ1v) is 23.1. The predicted octanol–water partition coefficient (Wildman–Crippen LogP) is 18.6. The zero-order valence-electron chi connectivity index (χ0n) is 34.3. The van der Waals surface area contributed by atoms with Crippen molar-refractivity contribution < 1.29 is 0 Å². The highest BCUT2D eigenvalue weighted by atomic mass is 14.0. The van der Waals surface area contributed by atoms with Gasteiger partial charge in [-0.25, -0.2) is 0 Å². The van der Waals surface area contributed by atoms with Gasteiger partial charge in [-0.15, -0.1) is 13.2 Å². The standard InChI is InChI=1S/4C12H22.C2H4/c4*1-2-4-6-8-10-12-11-9-7-5-3-1;1-2/h4*1-2H,3-12H2;1-2H2. The second-order valence-electron chi connectivity index (χ2n) is 15.5. The molecule has 0 amide bonds. The van der Waals surface area contributed by atoms with E-state index < -0.39 is 0 Å². The molecule has 0 bridgehead atoms. The Bertz CT molecular complexity index is 532. The summed E-state index contributed by atoms with van der Waals surface area (Å²) in [5.74, 6) is 0. The third-order valence-corrected chi connectivity index (χ3v) is 10.6. The Morgan fingerprint density at radius 1 is 0.140 bits per heavy atom. The van der Waals surface area contributed by atoms with E-state index in [1.807, 2.05) is 0 Å². The molecule has 0 spiro atoms. The summed E-state index contributed by atoms with van der Waals surface area (Å²) in [5, 5.41) is 0. The Morgan fingerprint density at radius 3 is 0.320 bits per heavy atom. The van der Waals surface area contributed by atoms with Crippen LogP contribution in [0.2, 0.25) is 0 Å². The molecule has 0 saturated carbocycles. The molecule has 0 atom stereocenters. The van der Waals surface area contributed by atoms with Gasteiger partial charge >= 0.3 is 0 Å². The summed E-state index contributed by atoms with van der Waals surface area (Å²) >= 11 is 0. The van der Waals surface area contributed by atoms with Gasteiger partial charge in [-0.1, -0.05) is 203 Å². The predicted molar refractivity (Wildman–Crippen MR) is 232 cm³/mol. The molecule has 0 unspecified atom stereocenters. The van der Waals surface area contributed by atoms with E-state index in [4.69, 9.17) is 0 Å². The molecular weight excluding hydrogens is 601 g/mol. The first-order chi connectivity index (χ1) is 25.0. The molecule has 0 saturated heterocycles. The number of hydrogen-bond acceptors (Lipinski definition) is 0. The lowest BCUT2D eigenvalue weighted by Gasteiger charge is -2.02. The molecule has 0 radical (unpaired) electrons. The van der Waals surface area contributed by atoms with Crippen LogP contribution in [0.25, 0.3) is 0 Å². The minimum Gasteiger partial charge on any atom is -0.106 e. The maximum Gasteiger partial charge on any atom is -0.0351 e. The van der Waals surface area contributed by atoms with Crippen molar-refractivity contribution in [3.8, 4) is 0 Å². The Balaban J connectivity index is 0.000000629. The molecule has 0 aromatic heterocycles. The third kappa shape index (κ3) is 44.7. The SMILES string of the molecule is C1=CCCCCCCCCCC1.C1=CCCCCCCCCCC1.C1=CCCCCCCCCCC1.C1=CCCCCCCCCCC1.C=C. The van der Waals surface area contributed by atoms with Gasteiger partial charge in [0.25, 0.3) is 0 Å². The van der Waals surface area contributed by atoms with Crippen molar-refractivity contribution in [1.29, 1.82) is 0 Å². The zero-order valence-corrected chi connectivity index (χ0v) is 34.3. The fraction of sp³-hybridized carbons (Fsp3) is 0.800. The van der Waals surface area contributed by atoms with Gasteiger partial charge in [0.2, 0.25) is 0 Å². The van der Waals surface area contributed by atoms with Gasteiger partial charge in [-0.3, -0.25) is 0 Å². The van der Waals surface area contributed by atoms with E-state index >= 15 is 0 Å². The molecule has 0 aliphatic heterocycles. The molecule has 0 fully saturated rings. The molecule has 292 valence electrons. The van der Waals surface area contributed by atoms with Crippen LogP contribution >= 0.6 is 0 Å². The van der Waals surface area contributed by atoms with Gasteiger partial charge in [0.1, 0.15) is 0 Å². The molecule has 0 nitrogen and oxygen atoms in total.